The molecule has 0 bridgehead atoms. The molecule has 0 atom stereocenters. The Labute approximate surface area is 107 Å². The lowest BCUT2D eigenvalue weighted by Gasteiger charge is -2.22. The molecule has 1 amide bonds. The zero-order valence-electron chi connectivity index (χ0n) is 10.8. The van der Waals surface area contributed by atoms with Crippen molar-refractivity contribution in [3.63, 3.8) is 0 Å². The fourth-order valence-electron chi connectivity index (χ4n) is 1.80. The molecule has 1 fully saturated rings. The van der Waals surface area contributed by atoms with E-state index in [1.807, 2.05) is 0 Å². The summed E-state index contributed by atoms with van der Waals surface area (Å²) < 4.78 is 11.0. The average molecular weight is 250 g/mol. The highest BCUT2D eigenvalue weighted by atomic mass is 16.5. The maximum Gasteiger partial charge on any atom is 0.254 e. The molecule has 1 aliphatic heterocycles. The summed E-state index contributed by atoms with van der Waals surface area (Å²) in [4.78, 5) is 17.4. The quantitative estimate of drug-likeness (QED) is 0.812. The van der Waals surface area contributed by atoms with Crippen LogP contribution in [0.2, 0.25) is 0 Å². The van der Waals surface area contributed by atoms with Crippen molar-refractivity contribution in [2.24, 2.45) is 0 Å². The van der Waals surface area contributed by atoms with Crippen LogP contribution in [0.5, 0.6) is 5.88 Å². The zero-order chi connectivity index (χ0) is 13.0. The summed E-state index contributed by atoms with van der Waals surface area (Å²) in [7, 11) is 3.43. The molecule has 5 nitrogen and oxygen atoms in total. The monoisotopic (exact) mass is 250 g/mol. The number of ether oxygens (including phenoxy) is 2. The molecule has 1 aromatic rings. The van der Waals surface area contributed by atoms with Crippen molar-refractivity contribution in [2.45, 2.75) is 18.9 Å². The molecule has 18 heavy (non-hydrogen) atoms. The highest BCUT2D eigenvalue weighted by molar-refractivity contribution is 5.93. The fraction of sp³-hybridized carbons (Fsp3) is 0.538. The predicted octanol–water partition coefficient (Wildman–Crippen LogP) is 1.34. The summed E-state index contributed by atoms with van der Waals surface area (Å²) in [5, 5.41) is 0. The zero-order valence-corrected chi connectivity index (χ0v) is 10.8. The van der Waals surface area contributed by atoms with Gasteiger partial charge in [0, 0.05) is 39.2 Å². The van der Waals surface area contributed by atoms with E-state index in [-0.39, 0.29) is 12.0 Å². The third-order valence-corrected chi connectivity index (χ3v) is 2.85. The van der Waals surface area contributed by atoms with Crippen molar-refractivity contribution in [2.75, 3.05) is 27.3 Å². The summed E-state index contributed by atoms with van der Waals surface area (Å²) in [6, 6.07) is 3.48. The van der Waals surface area contributed by atoms with Crippen molar-refractivity contribution in [3.05, 3.63) is 23.9 Å². The molecule has 0 aliphatic carbocycles. The molecule has 2 heterocycles. The Morgan fingerprint density at radius 1 is 1.39 bits per heavy atom. The minimum Gasteiger partial charge on any atom is -0.474 e. The van der Waals surface area contributed by atoms with Crippen LogP contribution < -0.4 is 4.74 Å². The molecule has 0 radical (unpaired) electrons. The molecule has 0 aromatic carbocycles. The second-order valence-corrected chi connectivity index (χ2v) is 4.51. The predicted molar refractivity (Wildman–Crippen MR) is 66.7 cm³/mol. The standard InChI is InChI=1S/C13H18N2O3/c1-15(2)13(16)10-3-4-12(14-9-10)18-11-5-7-17-8-6-11/h3-4,9,11H,5-8H2,1-2H3. The van der Waals surface area contributed by atoms with Gasteiger partial charge >= 0.3 is 0 Å². The van der Waals surface area contributed by atoms with E-state index in [1.54, 1.807) is 32.4 Å². The van der Waals surface area contributed by atoms with E-state index in [2.05, 4.69) is 4.98 Å². The number of pyridine rings is 1. The molecule has 1 saturated heterocycles. The first-order chi connectivity index (χ1) is 8.66. The van der Waals surface area contributed by atoms with Gasteiger partial charge in [-0.2, -0.15) is 0 Å². The number of hydrogen-bond donors (Lipinski definition) is 0. The number of aromatic nitrogens is 1. The number of rotatable bonds is 3. The lowest BCUT2D eigenvalue weighted by molar-refractivity contribution is 0.0237. The first-order valence-corrected chi connectivity index (χ1v) is 6.09. The van der Waals surface area contributed by atoms with Crippen LogP contribution in [-0.4, -0.2) is 49.2 Å². The second-order valence-electron chi connectivity index (χ2n) is 4.51. The Kier molecular flexibility index (Phi) is 4.15. The van der Waals surface area contributed by atoms with E-state index in [1.165, 1.54) is 4.90 Å². The van der Waals surface area contributed by atoms with Crippen molar-refractivity contribution >= 4 is 5.91 Å². The van der Waals surface area contributed by atoms with Gasteiger partial charge in [-0.05, 0) is 6.07 Å². The van der Waals surface area contributed by atoms with Gasteiger partial charge in [0.05, 0.1) is 18.8 Å². The van der Waals surface area contributed by atoms with Gasteiger partial charge in [-0.3, -0.25) is 4.79 Å². The largest absolute Gasteiger partial charge is 0.474 e. The first kappa shape index (κ1) is 12.8. The van der Waals surface area contributed by atoms with Crippen LogP contribution in [0.15, 0.2) is 18.3 Å². The molecule has 1 aromatic heterocycles. The summed E-state index contributed by atoms with van der Waals surface area (Å²) in [5.41, 5.74) is 0.569. The third kappa shape index (κ3) is 3.20. The topological polar surface area (TPSA) is 51.7 Å². The van der Waals surface area contributed by atoms with Crippen molar-refractivity contribution in [1.82, 2.24) is 9.88 Å². The highest BCUT2D eigenvalue weighted by Gasteiger charge is 2.16. The van der Waals surface area contributed by atoms with Crippen LogP contribution in [0.4, 0.5) is 0 Å². The van der Waals surface area contributed by atoms with E-state index < -0.39 is 0 Å². The Morgan fingerprint density at radius 2 is 2.11 bits per heavy atom. The summed E-state index contributed by atoms with van der Waals surface area (Å²) in [5.74, 6) is 0.511. The van der Waals surface area contributed by atoms with E-state index in [4.69, 9.17) is 9.47 Å². The minimum absolute atomic E-state index is 0.0554. The van der Waals surface area contributed by atoms with Crippen LogP contribution in [0, 0.1) is 0 Å². The van der Waals surface area contributed by atoms with E-state index in [9.17, 15) is 4.79 Å². The first-order valence-electron chi connectivity index (χ1n) is 6.09. The van der Waals surface area contributed by atoms with Gasteiger partial charge in [0.15, 0.2) is 0 Å². The highest BCUT2D eigenvalue weighted by Crippen LogP contribution is 2.16. The van der Waals surface area contributed by atoms with Gasteiger partial charge in [0.25, 0.3) is 5.91 Å². The lowest BCUT2D eigenvalue weighted by atomic mass is 10.1. The summed E-state index contributed by atoms with van der Waals surface area (Å²) >= 11 is 0. The number of carbonyl (C=O) groups excluding carboxylic acids is 1. The van der Waals surface area contributed by atoms with Crippen LogP contribution in [0.25, 0.3) is 0 Å². The van der Waals surface area contributed by atoms with Gasteiger partial charge in [0.1, 0.15) is 6.10 Å². The molecule has 0 saturated carbocycles. The average Bonchev–Trinajstić information content (AvgIpc) is 2.40. The number of hydrogen-bond acceptors (Lipinski definition) is 4. The molecular formula is C13H18N2O3. The van der Waals surface area contributed by atoms with Crippen molar-refractivity contribution in [3.8, 4) is 5.88 Å². The SMILES string of the molecule is CN(C)C(=O)c1ccc(OC2CCOCC2)nc1. The third-order valence-electron chi connectivity index (χ3n) is 2.85. The molecule has 5 heteroatoms. The molecule has 2 rings (SSSR count). The molecule has 0 N–H and O–H groups in total. The summed E-state index contributed by atoms with van der Waals surface area (Å²) in [6.45, 7) is 1.48. The number of carbonyl (C=O) groups is 1. The Bertz CT molecular complexity index is 397. The van der Waals surface area contributed by atoms with Crippen LogP contribution in [0.3, 0.4) is 0 Å². The Balaban J connectivity index is 1.96. The molecule has 1 aliphatic rings. The lowest BCUT2D eigenvalue weighted by Crippen LogP contribution is -2.26. The van der Waals surface area contributed by atoms with Crippen LogP contribution in [-0.2, 0) is 4.74 Å². The van der Waals surface area contributed by atoms with Crippen LogP contribution in [0.1, 0.15) is 23.2 Å². The number of amides is 1. The van der Waals surface area contributed by atoms with Gasteiger partial charge in [-0.1, -0.05) is 0 Å². The maximum absolute atomic E-state index is 11.7. The minimum atomic E-state index is -0.0554. The Hall–Kier alpha value is -1.62. The maximum atomic E-state index is 11.7. The van der Waals surface area contributed by atoms with Gasteiger partial charge in [-0.15, -0.1) is 0 Å². The van der Waals surface area contributed by atoms with E-state index in [0.717, 1.165) is 26.1 Å². The van der Waals surface area contributed by atoms with Crippen molar-refractivity contribution < 1.29 is 14.3 Å². The van der Waals surface area contributed by atoms with Crippen molar-refractivity contribution in [1.29, 1.82) is 0 Å². The second kappa shape index (κ2) is 5.82. The summed E-state index contributed by atoms with van der Waals surface area (Å²) in [6.07, 6.45) is 3.50. The number of nitrogens with zero attached hydrogens (tertiary/aromatic N) is 2. The van der Waals surface area contributed by atoms with Gasteiger partial charge in [-0.25, -0.2) is 4.98 Å². The smallest absolute Gasteiger partial charge is 0.254 e. The molecular weight excluding hydrogens is 232 g/mol. The fourth-order valence-corrected chi connectivity index (χ4v) is 1.80. The van der Waals surface area contributed by atoms with Gasteiger partial charge in [0.2, 0.25) is 5.88 Å². The molecule has 0 spiro atoms. The molecule has 98 valence electrons. The van der Waals surface area contributed by atoms with Crippen LogP contribution >= 0.6 is 0 Å². The van der Waals surface area contributed by atoms with Gasteiger partial charge < -0.3 is 14.4 Å². The molecule has 0 unspecified atom stereocenters. The van der Waals surface area contributed by atoms with E-state index >= 15 is 0 Å². The Morgan fingerprint density at radius 3 is 2.67 bits per heavy atom. The van der Waals surface area contributed by atoms with E-state index in [0.29, 0.717) is 11.4 Å². The normalized spacial score (nSPS) is 16.3.